The number of nitrogens with one attached hydrogen (secondary N) is 2. The Labute approximate surface area is 228 Å². The molecule has 2 amide bonds. The van der Waals surface area contributed by atoms with Crippen LogP contribution >= 0.6 is 22.7 Å². The van der Waals surface area contributed by atoms with Gasteiger partial charge in [0.25, 0.3) is 0 Å². The first-order valence-electron chi connectivity index (χ1n) is 13.6. The maximum Gasteiger partial charge on any atom is 0.225 e. The Hall–Kier alpha value is -2.68. The number of nitrogens with zero attached hydrogens (tertiary/aromatic N) is 2. The minimum Gasteiger partial charge on any atom is -0.317 e. The van der Waals surface area contributed by atoms with Crippen molar-refractivity contribution in [1.82, 2.24) is 0 Å². The maximum atomic E-state index is 12.5. The Kier molecular flexibility index (Phi) is 9.40. The molecule has 0 radical (unpaired) electrons. The smallest absolute Gasteiger partial charge is 0.225 e. The Bertz CT molecular complexity index is 1140. The molecule has 2 aliphatic rings. The van der Waals surface area contributed by atoms with Gasteiger partial charge in [-0.05, 0) is 74.3 Å². The fourth-order valence-electron chi connectivity index (χ4n) is 5.39. The monoisotopic (exact) mass is 536 g/mol. The number of unbranched alkanes of at least 4 members (excludes halogenated alkanes) is 4. The van der Waals surface area contributed by atoms with Crippen LogP contribution in [0.2, 0.25) is 0 Å². The van der Waals surface area contributed by atoms with Gasteiger partial charge in [-0.1, -0.05) is 33.1 Å². The molecule has 2 atom stereocenters. The normalized spacial score (nSPS) is 18.3. The van der Waals surface area contributed by atoms with Gasteiger partial charge >= 0.3 is 0 Å². The Morgan fingerprint density at radius 3 is 1.57 bits per heavy atom. The molecule has 0 aromatic carbocycles. The summed E-state index contributed by atoms with van der Waals surface area (Å²) in [6.07, 6.45) is 11.4. The lowest BCUT2D eigenvalue weighted by Gasteiger charge is -2.17. The summed E-state index contributed by atoms with van der Waals surface area (Å²) in [6.45, 7) is 4.47. The third-order valence-corrected chi connectivity index (χ3v) is 9.90. The van der Waals surface area contributed by atoms with Crippen molar-refractivity contribution < 1.29 is 9.59 Å². The number of carbonyl (C=O) groups excluding carboxylic acids is 2. The summed E-state index contributed by atoms with van der Waals surface area (Å²) in [7, 11) is 0. The SMILES string of the molecule is C[C@H]1CCc2c(sc(NC(=O)CCCCCCCC(=O)Nc3sc4c(c3C#N)CC[C@H](C)C4)c2C#N)C1. The van der Waals surface area contributed by atoms with Crippen molar-refractivity contribution in [1.29, 1.82) is 10.5 Å². The quantitative estimate of drug-likeness (QED) is 0.316. The maximum absolute atomic E-state index is 12.5. The number of fused-ring (bicyclic) bond motifs is 2. The summed E-state index contributed by atoms with van der Waals surface area (Å²) in [5, 5.41) is 26.6. The minimum atomic E-state index is -0.0242. The van der Waals surface area contributed by atoms with E-state index in [1.807, 2.05) is 0 Å². The molecule has 4 rings (SSSR count). The molecule has 8 heteroatoms. The topological polar surface area (TPSA) is 106 Å². The van der Waals surface area contributed by atoms with Crippen molar-refractivity contribution >= 4 is 44.5 Å². The van der Waals surface area contributed by atoms with Gasteiger partial charge < -0.3 is 10.6 Å². The van der Waals surface area contributed by atoms with Crippen molar-refractivity contribution in [2.24, 2.45) is 11.8 Å². The summed E-state index contributed by atoms with van der Waals surface area (Å²) in [4.78, 5) is 27.4. The van der Waals surface area contributed by atoms with Gasteiger partial charge in [-0.2, -0.15) is 10.5 Å². The van der Waals surface area contributed by atoms with Gasteiger partial charge in [-0.25, -0.2) is 0 Å². The van der Waals surface area contributed by atoms with Crippen molar-refractivity contribution in [2.45, 2.75) is 97.3 Å². The fourth-order valence-corrected chi connectivity index (χ4v) is 8.15. The molecule has 0 spiro atoms. The number of anilines is 2. The van der Waals surface area contributed by atoms with Gasteiger partial charge in [-0.15, -0.1) is 22.7 Å². The number of hydrogen-bond donors (Lipinski definition) is 2. The van der Waals surface area contributed by atoms with Gasteiger partial charge in [0.1, 0.15) is 22.1 Å². The summed E-state index contributed by atoms with van der Waals surface area (Å²) in [5.41, 5.74) is 3.61. The Morgan fingerprint density at radius 2 is 1.16 bits per heavy atom. The predicted octanol–water partition coefficient (Wildman–Crippen LogP) is 7.11. The van der Waals surface area contributed by atoms with Crippen LogP contribution < -0.4 is 10.6 Å². The summed E-state index contributed by atoms with van der Waals surface area (Å²) < 4.78 is 0. The third kappa shape index (κ3) is 6.80. The molecule has 37 heavy (non-hydrogen) atoms. The molecule has 196 valence electrons. The number of rotatable bonds is 10. The van der Waals surface area contributed by atoms with Gasteiger partial charge in [0, 0.05) is 22.6 Å². The number of carbonyl (C=O) groups is 2. The molecule has 0 bridgehead atoms. The lowest BCUT2D eigenvalue weighted by atomic mass is 9.88. The zero-order chi connectivity index (χ0) is 26.4. The molecule has 0 saturated heterocycles. The van der Waals surface area contributed by atoms with Crippen LogP contribution in [0.4, 0.5) is 10.0 Å². The molecule has 2 heterocycles. The number of nitriles is 2. The molecular formula is C29H36N4O2S2. The van der Waals surface area contributed by atoms with E-state index in [9.17, 15) is 20.1 Å². The highest BCUT2D eigenvalue weighted by molar-refractivity contribution is 7.17. The van der Waals surface area contributed by atoms with Crippen molar-refractivity contribution in [2.75, 3.05) is 10.6 Å². The van der Waals surface area contributed by atoms with Crippen LogP contribution in [0.25, 0.3) is 0 Å². The van der Waals surface area contributed by atoms with Gasteiger partial charge in [0.2, 0.25) is 11.8 Å². The van der Waals surface area contributed by atoms with Gasteiger partial charge in [-0.3, -0.25) is 9.59 Å². The highest BCUT2D eigenvalue weighted by atomic mass is 32.1. The first-order chi connectivity index (χ1) is 17.9. The van der Waals surface area contributed by atoms with Crippen LogP contribution in [0.3, 0.4) is 0 Å². The first-order valence-corrected chi connectivity index (χ1v) is 15.2. The van der Waals surface area contributed by atoms with Crippen LogP contribution in [0.15, 0.2) is 0 Å². The molecule has 0 fully saturated rings. The van der Waals surface area contributed by atoms with Crippen LogP contribution in [0, 0.1) is 34.5 Å². The average Bonchev–Trinajstić information content (AvgIpc) is 3.38. The minimum absolute atomic E-state index is 0.0242. The molecule has 0 aliphatic heterocycles. The summed E-state index contributed by atoms with van der Waals surface area (Å²) in [5.74, 6) is 1.21. The molecule has 2 aromatic rings. The van der Waals surface area contributed by atoms with Crippen molar-refractivity contribution in [3.8, 4) is 12.1 Å². The van der Waals surface area contributed by atoms with E-state index < -0.39 is 0 Å². The standard InChI is InChI=1S/C29H36N4O2S2/c1-18-10-12-20-22(16-30)28(36-24(20)14-18)32-26(34)8-6-4-3-5-7-9-27(35)33-29-23(17-31)21-13-11-19(2)15-25(21)37-29/h18-19H,3-15H2,1-2H3,(H,32,34)(H,33,35)/t18-,19-/m0/s1. The van der Waals surface area contributed by atoms with Gasteiger partial charge in [0.05, 0.1) is 11.1 Å². The molecule has 2 aliphatic carbocycles. The number of amides is 2. The average molecular weight is 537 g/mol. The summed E-state index contributed by atoms with van der Waals surface area (Å²) >= 11 is 3.15. The molecule has 2 N–H and O–H groups in total. The van der Waals surface area contributed by atoms with Crippen LogP contribution in [0.1, 0.15) is 104 Å². The van der Waals surface area contributed by atoms with E-state index in [1.165, 1.54) is 9.75 Å². The largest absolute Gasteiger partial charge is 0.317 e. The third-order valence-electron chi connectivity index (χ3n) is 7.56. The van der Waals surface area contributed by atoms with Crippen molar-refractivity contribution in [3.05, 3.63) is 32.0 Å². The fraction of sp³-hybridized carbons (Fsp3) is 0.586. The molecule has 0 unspecified atom stereocenters. The molecular weight excluding hydrogens is 500 g/mol. The number of thiophene rings is 2. The lowest BCUT2D eigenvalue weighted by Crippen LogP contribution is -2.12. The van der Waals surface area contributed by atoms with Gasteiger partial charge in [0.15, 0.2) is 0 Å². The van der Waals surface area contributed by atoms with Crippen LogP contribution in [0.5, 0.6) is 0 Å². The summed E-state index contributed by atoms with van der Waals surface area (Å²) in [6, 6.07) is 4.61. The van der Waals surface area contributed by atoms with Crippen LogP contribution in [-0.2, 0) is 35.3 Å². The predicted molar refractivity (Wildman–Crippen MR) is 150 cm³/mol. The van der Waals surface area contributed by atoms with E-state index >= 15 is 0 Å². The first kappa shape index (κ1) is 27.4. The van der Waals surface area contributed by atoms with E-state index in [1.54, 1.807) is 22.7 Å². The van der Waals surface area contributed by atoms with E-state index in [0.717, 1.165) is 91.8 Å². The van der Waals surface area contributed by atoms with E-state index in [4.69, 9.17) is 0 Å². The van der Waals surface area contributed by atoms with E-state index in [0.29, 0.717) is 35.8 Å². The lowest BCUT2D eigenvalue weighted by molar-refractivity contribution is -0.117. The molecule has 2 aromatic heterocycles. The zero-order valence-corrected chi connectivity index (χ0v) is 23.5. The highest BCUT2D eigenvalue weighted by Crippen LogP contribution is 2.40. The van der Waals surface area contributed by atoms with Crippen molar-refractivity contribution in [3.63, 3.8) is 0 Å². The highest BCUT2D eigenvalue weighted by Gasteiger charge is 2.25. The van der Waals surface area contributed by atoms with Crippen LogP contribution in [-0.4, -0.2) is 11.8 Å². The van der Waals surface area contributed by atoms with E-state index in [2.05, 4.69) is 36.6 Å². The zero-order valence-electron chi connectivity index (χ0n) is 21.9. The molecule has 0 saturated carbocycles. The second kappa shape index (κ2) is 12.7. The molecule has 6 nitrogen and oxygen atoms in total. The second-order valence-corrected chi connectivity index (χ2v) is 12.9. The Balaban J connectivity index is 1.12. The number of hydrogen-bond acceptors (Lipinski definition) is 6. The Morgan fingerprint density at radius 1 is 0.757 bits per heavy atom. The van der Waals surface area contributed by atoms with E-state index in [-0.39, 0.29) is 11.8 Å². The second-order valence-electron chi connectivity index (χ2n) is 10.7.